The fraction of sp³-hybridized carbons (Fsp3) is 0.250. The smallest absolute Gasteiger partial charge is 0.338 e. The maximum Gasteiger partial charge on any atom is 0.338 e. The molecule has 2 N–H and O–H groups in total. The zero-order chi connectivity index (χ0) is 17.0. The van der Waals surface area contributed by atoms with Crippen LogP contribution in [0.25, 0.3) is 0 Å². The topological polar surface area (TPSA) is 85.3 Å². The van der Waals surface area contributed by atoms with Crippen molar-refractivity contribution in [3.05, 3.63) is 56.2 Å². The molecule has 0 saturated carbocycles. The van der Waals surface area contributed by atoms with E-state index in [2.05, 4.69) is 22.6 Å². The predicted molar refractivity (Wildman–Crippen MR) is 94.2 cm³/mol. The van der Waals surface area contributed by atoms with E-state index in [4.69, 9.17) is 26.8 Å². The van der Waals surface area contributed by atoms with E-state index in [1.54, 1.807) is 6.92 Å². The van der Waals surface area contributed by atoms with Crippen LogP contribution in [0.15, 0.2) is 47.1 Å². The van der Waals surface area contributed by atoms with Crippen molar-refractivity contribution in [1.29, 1.82) is 5.26 Å². The Morgan fingerprint density at radius 3 is 2.78 bits per heavy atom. The Kier molecular flexibility index (Phi) is 5.91. The average Bonchev–Trinajstić information content (AvgIpc) is 2.54. The van der Waals surface area contributed by atoms with Gasteiger partial charge in [0.15, 0.2) is 0 Å². The minimum absolute atomic E-state index is 0.0409. The van der Waals surface area contributed by atoms with Gasteiger partial charge in [0, 0.05) is 3.57 Å². The molecular formula is C16H14ClIN2O3. The normalized spacial score (nSPS) is 17.6. The molecule has 0 radical (unpaired) electrons. The van der Waals surface area contributed by atoms with Crippen molar-refractivity contribution in [3.8, 4) is 6.07 Å². The second kappa shape index (κ2) is 7.70. The fourth-order valence-corrected chi connectivity index (χ4v) is 3.27. The number of carbonyl (C=O) groups is 1. The van der Waals surface area contributed by atoms with E-state index in [1.165, 1.54) is 0 Å². The number of hydrogen-bond acceptors (Lipinski definition) is 5. The summed E-state index contributed by atoms with van der Waals surface area (Å²) in [4.78, 5) is 12.4. The summed E-state index contributed by atoms with van der Waals surface area (Å²) in [5.74, 6) is -1.09. The van der Waals surface area contributed by atoms with Crippen LogP contribution >= 0.6 is 34.2 Å². The van der Waals surface area contributed by atoms with E-state index in [0.717, 1.165) is 9.13 Å². The lowest BCUT2D eigenvalue weighted by molar-refractivity contribution is -0.139. The summed E-state index contributed by atoms with van der Waals surface area (Å²) in [7, 11) is 0. The number of hydrogen-bond donors (Lipinski definition) is 1. The lowest BCUT2D eigenvalue weighted by Crippen LogP contribution is -2.27. The summed E-state index contributed by atoms with van der Waals surface area (Å²) in [6, 6.07) is 9.48. The number of nitriles is 1. The molecule has 1 aliphatic heterocycles. The number of nitrogens with two attached hydrogens (primary N) is 1. The van der Waals surface area contributed by atoms with Crippen LogP contribution in [-0.2, 0) is 14.3 Å². The quantitative estimate of drug-likeness (QED) is 0.438. The van der Waals surface area contributed by atoms with Gasteiger partial charge in [0.2, 0.25) is 5.88 Å². The minimum Gasteiger partial charge on any atom is -0.463 e. The highest BCUT2D eigenvalue weighted by Gasteiger charge is 2.38. The molecule has 0 fully saturated rings. The molecule has 0 bridgehead atoms. The first kappa shape index (κ1) is 17.6. The molecule has 1 atom stereocenters. The van der Waals surface area contributed by atoms with Crippen molar-refractivity contribution < 1.29 is 14.3 Å². The summed E-state index contributed by atoms with van der Waals surface area (Å²) in [5, 5.41) is 9.49. The maximum absolute atomic E-state index is 12.4. The lowest BCUT2D eigenvalue weighted by Gasteiger charge is -2.28. The highest BCUT2D eigenvalue weighted by molar-refractivity contribution is 14.1. The maximum atomic E-state index is 12.4. The second-order valence-corrected chi connectivity index (χ2v) is 6.07. The van der Waals surface area contributed by atoms with E-state index in [0.29, 0.717) is 0 Å². The van der Waals surface area contributed by atoms with Crippen molar-refractivity contribution in [2.75, 3.05) is 12.5 Å². The molecule has 1 aromatic rings. The van der Waals surface area contributed by atoms with Gasteiger partial charge in [0.05, 0.1) is 24.0 Å². The van der Waals surface area contributed by atoms with Crippen LogP contribution < -0.4 is 5.73 Å². The number of esters is 1. The number of benzene rings is 1. The largest absolute Gasteiger partial charge is 0.463 e. The number of rotatable bonds is 4. The predicted octanol–water partition coefficient (Wildman–Crippen LogP) is 3.15. The highest BCUT2D eigenvalue weighted by Crippen LogP contribution is 2.41. The third-order valence-electron chi connectivity index (χ3n) is 3.33. The molecule has 1 heterocycles. The first-order chi connectivity index (χ1) is 11.0. The van der Waals surface area contributed by atoms with Crippen LogP contribution in [-0.4, -0.2) is 18.5 Å². The Labute approximate surface area is 152 Å². The summed E-state index contributed by atoms with van der Waals surface area (Å²) in [6.45, 7) is 1.91. The minimum atomic E-state index is -0.658. The van der Waals surface area contributed by atoms with Gasteiger partial charge in [-0.2, -0.15) is 5.26 Å². The number of carbonyl (C=O) groups excluding carboxylic acids is 1. The fourth-order valence-electron chi connectivity index (χ4n) is 2.37. The molecule has 0 aromatic heterocycles. The van der Waals surface area contributed by atoms with E-state index in [-0.39, 0.29) is 35.3 Å². The van der Waals surface area contributed by atoms with Gasteiger partial charge in [-0.3, -0.25) is 0 Å². The number of alkyl halides is 1. The van der Waals surface area contributed by atoms with Gasteiger partial charge in [-0.05, 0) is 41.1 Å². The lowest BCUT2D eigenvalue weighted by atomic mass is 9.83. The summed E-state index contributed by atoms with van der Waals surface area (Å²) < 4.78 is 11.4. The Balaban J connectivity index is 2.69. The van der Waals surface area contributed by atoms with Crippen LogP contribution in [0.3, 0.4) is 0 Å². The number of allylic oxidation sites excluding steroid dienone is 2. The Morgan fingerprint density at radius 1 is 1.52 bits per heavy atom. The zero-order valence-corrected chi connectivity index (χ0v) is 15.2. The van der Waals surface area contributed by atoms with E-state index in [1.807, 2.05) is 30.3 Å². The van der Waals surface area contributed by atoms with Crippen LogP contribution in [0.4, 0.5) is 0 Å². The van der Waals surface area contributed by atoms with Crippen molar-refractivity contribution in [2.24, 2.45) is 5.73 Å². The number of ether oxygens (including phenoxy) is 2. The highest BCUT2D eigenvalue weighted by atomic mass is 127. The van der Waals surface area contributed by atoms with Crippen molar-refractivity contribution in [3.63, 3.8) is 0 Å². The zero-order valence-electron chi connectivity index (χ0n) is 12.3. The SMILES string of the molecule is CCOC(=O)C1=C(CCl)OC(N)=C(C#N)[C@@H]1c1ccccc1I. The van der Waals surface area contributed by atoms with Gasteiger partial charge in [0.25, 0.3) is 0 Å². The Morgan fingerprint density at radius 2 is 2.22 bits per heavy atom. The van der Waals surface area contributed by atoms with Gasteiger partial charge in [-0.15, -0.1) is 11.6 Å². The molecule has 0 unspecified atom stereocenters. The van der Waals surface area contributed by atoms with Gasteiger partial charge in [-0.1, -0.05) is 18.2 Å². The van der Waals surface area contributed by atoms with E-state index < -0.39 is 11.9 Å². The molecule has 2 rings (SSSR count). The Hall–Kier alpha value is -1.72. The summed E-state index contributed by atoms with van der Waals surface area (Å²) in [5.41, 5.74) is 7.03. The van der Waals surface area contributed by atoms with Crippen LogP contribution in [0, 0.1) is 14.9 Å². The van der Waals surface area contributed by atoms with E-state index in [9.17, 15) is 10.1 Å². The molecule has 0 aliphatic carbocycles. The van der Waals surface area contributed by atoms with Crippen LogP contribution in [0.5, 0.6) is 0 Å². The molecule has 5 nitrogen and oxygen atoms in total. The summed E-state index contributed by atoms with van der Waals surface area (Å²) in [6.07, 6.45) is 0. The standard InChI is InChI=1S/C16H14ClIN2O3/c1-2-22-16(21)14-12(7-17)23-15(20)10(8-19)13(14)9-5-3-4-6-11(9)18/h3-6,13H,2,7,20H2,1H3/t13-/m0/s1. The average molecular weight is 445 g/mol. The second-order valence-electron chi connectivity index (χ2n) is 4.64. The van der Waals surface area contributed by atoms with Crippen molar-refractivity contribution in [1.82, 2.24) is 0 Å². The van der Waals surface area contributed by atoms with Gasteiger partial charge in [-0.25, -0.2) is 4.79 Å². The molecule has 1 aliphatic rings. The van der Waals surface area contributed by atoms with Crippen molar-refractivity contribution >= 4 is 40.2 Å². The molecule has 120 valence electrons. The molecule has 0 saturated heterocycles. The Bertz CT molecular complexity index is 737. The molecule has 23 heavy (non-hydrogen) atoms. The van der Waals surface area contributed by atoms with Crippen molar-refractivity contribution in [2.45, 2.75) is 12.8 Å². The van der Waals surface area contributed by atoms with E-state index >= 15 is 0 Å². The molecule has 0 spiro atoms. The first-order valence-corrected chi connectivity index (χ1v) is 8.44. The molecule has 0 amide bonds. The molecule has 1 aromatic carbocycles. The monoisotopic (exact) mass is 444 g/mol. The molecule has 7 heteroatoms. The third-order valence-corrected chi connectivity index (χ3v) is 4.55. The van der Waals surface area contributed by atoms with Gasteiger partial charge in [0.1, 0.15) is 17.4 Å². The van der Waals surface area contributed by atoms with Gasteiger partial charge >= 0.3 is 5.97 Å². The third kappa shape index (κ3) is 3.46. The summed E-state index contributed by atoms with van der Waals surface area (Å²) >= 11 is 8.06. The number of nitrogens with zero attached hydrogens (tertiary/aromatic N) is 1. The van der Waals surface area contributed by atoms with Gasteiger partial charge < -0.3 is 15.2 Å². The van der Waals surface area contributed by atoms with Crippen LogP contribution in [0.1, 0.15) is 18.4 Å². The number of halogens is 2. The first-order valence-electron chi connectivity index (χ1n) is 6.83. The van der Waals surface area contributed by atoms with Crippen LogP contribution in [0.2, 0.25) is 0 Å². The molecular weight excluding hydrogens is 431 g/mol.